The second-order valence-electron chi connectivity index (χ2n) is 6.21. The molecule has 2 aromatic rings. The molecule has 2 amide bonds. The molecule has 0 atom stereocenters. The molecule has 1 aliphatic heterocycles. The molecule has 0 unspecified atom stereocenters. The van der Waals surface area contributed by atoms with E-state index in [4.69, 9.17) is 16.6 Å². The Morgan fingerprint density at radius 1 is 1.21 bits per heavy atom. The number of hydrogen-bond donors (Lipinski definition) is 1. The number of thioether (sulfide) groups is 1. The van der Waals surface area contributed by atoms with Gasteiger partial charge in [-0.3, -0.25) is 14.5 Å². The standard InChI is InChI=1S/C20H19FN2O3S2/c21-14-7-9-15(10-8-14)22-18(24)6-2-1-3-11-23-19(25)17(28-20(23)27)13-16-5-4-12-26-16/h4-5,7-10,12-13H,1-3,6,11H2,(H,22,24)/b17-13-. The van der Waals surface area contributed by atoms with Crippen LogP contribution in [0.2, 0.25) is 0 Å². The van der Waals surface area contributed by atoms with Gasteiger partial charge in [0.2, 0.25) is 5.91 Å². The summed E-state index contributed by atoms with van der Waals surface area (Å²) in [5.74, 6) is 0.0550. The number of carbonyl (C=O) groups excluding carboxylic acids is 2. The van der Waals surface area contributed by atoms with Gasteiger partial charge in [-0.2, -0.15) is 0 Å². The highest BCUT2D eigenvalue weighted by Gasteiger charge is 2.31. The number of hydrogen-bond acceptors (Lipinski definition) is 5. The predicted molar refractivity (Wildman–Crippen MR) is 112 cm³/mol. The average Bonchev–Trinajstić information content (AvgIpc) is 3.27. The second-order valence-corrected chi connectivity index (χ2v) is 7.89. The van der Waals surface area contributed by atoms with Crippen LogP contribution in [0.15, 0.2) is 52.0 Å². The van der Waals surface area contributed by atoms with Gasteiger partial charge in [0.15, 0.2) is 0 Å². The van der Waals surface area contributed by atoms with E-state index in [1.54, 1.807) is 29.4 Å². The zero-order valence-corrected chi connectivity index (χ0v) is 16.7. The fourth-order valence-electron chi connectivity index (χ4n) is 2.68. The molecule has 1 aliphatic rings. The van der Waals surface area contributed by atoms with Gasteiger partial charge in [-0.15, -0.1) is 0 Å². The van der Waals surface area contributed by atoms with Crippen LogP contribution in [-0.2, 0) is 9.59 Å². The van der Waals surface area contributed by atoms with Gasteiger partial charge in [-0.1, -0.05) is 30.4 Å². The third-order valence-corrected chi connectivity index (χ3v) is 5.48. The van der Waals surface area contributed by atoms with Gasteiger partial charge in [-0.05, 0) is 49.2 Å². The van der Waals surface area contributed by atoms with Crippen LogP contribution in [0.1, 0.15) is 31.4 Å². The second kappa shape index (κ2) is 9.66. The van der Waals surface area contributed by atoms with Crippen LogP contribution in [0.4, 0.5) is 10.1 Å². The lowest BCUT2D eigenvalue weighted by atomic mass is 10.1. The molecule has 0 aliphatic carbocycles. The molecule has 0 radical (unpaired) electrons. The number of unbranched alkanes of at least 4 members (excludes halogenated alkanes) is 2. The number of benzene rings is 1. The summed E-state index contributed by atoms with van der Waals surface area (Å²) in [4.78, 5) is 26.5. The van der Waals surface area contributed by atoms with Gasteiger partial charge in [0.25, 0.3) is 5.91 Å². The molecular weight excluding hydrogens is 399 g/mol. The lowest BCUT2D eigenvalue weighted by Gasteiger charge is -2.14. The molecule has 3 rings (SSSR count). The summed E-state index contributed by atoms with van der Waals surface area (Å²) in [6.45, 7) is 0.528. The molecule has 1 aromatic carbocycles. The van der Waals surface area contributed by atoms with Crippen LogP contribution < -0.4 is 5.32 Å². The summed E-state index contributed by atoms with van der Waals surface area (Å²) in [5, 5.41) is 2.73. The molecule has 2 heterocycles. The smallest absolute Gasteiger partial charge is 0.266 e. The van der Waals surface area contributed by atoms with Crippen LogP contribution in [0, 0.1) is 5.82 Å². The molecule has 28 heavy (non-hydrogen) atoms. The predicted octanol–water partition coefficient (Wildman–Crippen LogP) is 4.82. The van der Waals surface area contributed by atoms with Gasteiger partial charge in [-0.25, -0.2) is 4.39 Å². The van der Waals surface area contributed by atoms with Crippen molar-refractivity contribution in [1.29, 1.82) is 0 Å². The van der Waals surface area contributed by atoms with E-state index >= 15 is 0 Å². The number of rotatable bonds is 8. The van der Waals surface area contributed by atoms with E-state index in [1.807, 2.05) is 0 Å². The zero-order chi connectivity index (χ0) is 19.9. The minimum absolute atomic E-state index is 0.111. The van der Waals surface area contributed by atoms with E-state index in [0.717, 1.165) is 12.8 Å². The zero-order valence-electron chi connectivity index (χ0n) is 15.0. The summed E-state index contributed by atoms with van der Waals surface area (Å²) in [6, 6.07) is 9.20. The lowest BCUT2D eigenvalue weighted by molar-refractivity contribution is -0.122. The highest BCUT2D eigenvalue weighted by Crippen LogP contribution is 2.32. The number of halogens is 1. The first-order valence-electron chi connectivity index (χ1n) is 8.87. The molecule has 8 heteroatoms. The topological polar surface area (TPSA) is 62.6 Å². The number of anilines is 1. The minimum atomic E-state index is -0.340. The van der Waals surface area contributed by atoms with Crippen molar-refractivity contribution in [2.45, 2.75) is 25.7 Å². The largest absolute Gasteiger partial charge is 0.465 e. The Morgan fingerprint density at radius 2 is 2.00 bits per heavy atom. The van der Waals surface area contributed by atoms with E-state index in [2.05, 4.69) is 5.32 Å². The van der Waals surface area contributed by atoms with Gasteiger partial charge < -0.3 is 9.73 Å². The van der Waals surface area contributed by atoms with Crippen molar-refractivity contribution in [2.75, 3.05) is 11.9 Å². The van der Waals surface area contributed by atoms with Crippen molar-refractivity contribution in [3.8, 4) is 0 Å². The van der Waals surface area contributed by atoms with E-state index in [1.165, 1.54) is 36.0 Å². The van der Waals surface area contributed by atoms with Gasteiger partial charge in [0.1, 0.15) is 15.9 Å². The van der Waals surface area contributed by atoms with E-state index in [-0.39, 0.29) is 17.6 Å². The Labute approximate surface area is 172 Å². The summed E-state index contributed by atoms with van der Waals surface area (Å²) in [7, 11) is 0. The minimum Gasteiger partial charge on any atom is -0.465 e. The molecule has 0 bridgehead atoms. The number of nitrogens with zero attached hydrogens (tertiary/aromatic N) is 1. The first kappa shape index (κ1) is 20.3. The Kier molecular flexibility index (Phi) is 7.00. The molecular formula is C20H19FN2O3S2. The monoisotopic (exact) mass is 418 g/mol. The number of nitrogens with one attached hydrogen (secondary N) is 1. The summed E-state index contributed by atoms with van der Waals surface area (Å²) < 4.78 is 18.6. The lowest BCUT2D eigenvalue weighted by Crippen LogP contribution is -2.29. The van der Waals surface area contributed by atoms with Crippen LogP contribution in [0.5, 0.6) is 0 Å². The Morgan fingerprint density at radius 3 is 2.71 bits per heavy atom. The van der Waals surface area contributed by atoms with Gasteiger partial charge in [0, 0.05) is 24.7 Å². The van der Waals surface area contributed by atoms with Gasteiger partial charge in [0.05, 0.1) is 11.2 Å². The molecule has 146 valence electrons. The molecule has 0 saturated carbocycles. The number of furan rings is 1. The SMILES string of the molecule is O=C(CCCCCN1C(=O)/C(=C/c2ccco2)SC1=S)Nc1ccc(F)cc1. The van der Waals surface area contributed by atoms with Gasteiger partial charge >= 0.3 is 0 Å². The van der Waals surface area contributed by atoms with Crippen molar-refractivity contribution in [3.05, 3.63) is 59.1 Å². The van der Waals surface area contributed by atoms with Crippen LogP contribution in [0.3, 0.4) is 0 Å². The molecule has 1 N–H and O–H groups in total. The molecule has 5 nitrogen and oxygen atoms in total. The maximum absolute atomic E-state index is 12.9. The highest BCUT2D eigenvalue weighted by molar-refractivity contribution is 8.26. The number of amides is 2. The fourth-order valence-corrected chi connectivity index (χ4v) is 3.97. The third kappa shape index (κ3) is 5.53. The van der Waals surface area contributed by atoms with Crippen molar-refractivity contribution in [1.82, 2.24) is 4.90 Å². The molecule has 1 fully saturated rings. The average molecular weight is 419 g/mol. The molecule has 1 aromatic heterocycles. The maximum atomic E-state index is 12.9. The van der Waals surface area contributed by atoms with Crippen LogP contribution in [0.25, 0.3) is 6.08 Å². The summed E-state index contributed by atoms with van der Waals surface area (Å²) in [6.07, 6.45) is 5.87. The third-order valence-electron chi connectivity index (χ3n) is 4.10. The maximum Gasteiger partial charge on any atom is 0.266 e. The van der Waals surface area contributed by atoms with Crippen molar-refractivity contribution >= 4 is 51.9 Å². The summed E-state index contributed by atoms with van der Waals surface area (Å²) >= 11 is 6.57. The fraction of sp³-hybridized carbons (Fsp3) is 0.250. The Hall–Kier alpha value is -2.45. The van der Waals surface area contributed by atoms with Crippen LogP contribution >= 0.6 is 24.0 Å². The van der Waals surface area contributed by atoms with Crippen LogP contribution in [-0.4, -0.2) is 27.6 Å². The summed E-state index contributed by atoms with van der Waals surface area (Å²) in [5.41, 5.74) is 0.576. The Bertz CT molecular complexity index is 879. The van der Waals surface area contributed by atoms with E-state index in [9.17, 15) is 14.0 Å². The number of carbonyl (C=O) groups is 2. The first-order valence-corrected chi connectivity index (χ1v) is 10.1. The van der Waals surface area contributed by atoms with E-state index in [0.29, 0.717) is 40.1 Å². The van der Waals surface area contributed by atoms with Crippen molar-refractivity contribution in [3.63, 3.8) is 0 Å². The van der Waals surface area contributed by atoms with Crippen molar-refractivity contribution < 1.29 is 18.4 Å². The van der Waals surface area contributed by atoms with Crippen molar-refractivity contribution in [2.24, 2.45) is 0 Å². The Balaban J connectivity index is 1.38. The molecule has 0 spiro atoms. The van der Waals surface area contributed by atoms with E-state index < -0.39 is 0 Å². The first-order chi connectivity index (χ1) is 13.5. The quantitative estimate of drug-likeness (QED) is 0.378. The normalized spacial score (nSPS) is 15.5. The number of thiocarbonyl (C=S) groups is 1. The molecule has 1 saturated heterocycles. The highest BCUT2D eigenvalue weighted by atomic mass is 32.2.